The number of rotatable bonds is 2. The predicted molar refractivity (Wildman–Crippen MR) is 97.4 cm³/mol. The second-order valence-electron chi connectivity index (χ2n) is 11.1. The van der Waals surface area contributed by atoms with Gasteiger partial charge in [0.25, 0.3) is 0 Å². The van der Waals surface area contributed by atoms with E-state index < -0.39 is 0 Å². The summed E-state index contributed by atoms with van der Waals surface area (Å²) in [5, 5.41) is 0. The van der Waals surface area contributed by atoms with Crippen molar-refractivity contribution in [1.29, 1.82) is 0 Å². The summed E-state index contributed by atoms with van der Waals surface area (Å²) in [5.41, 5.74) is 1.84. The van der Waals surface area contributed by atoms with E-state index in [1.807, 2.05) is 0 Å². The molecule has 5 aliphatic rings. The molecule has 0 N–H and O–H groups in total. The van der Waals surface area contributed by atoms with Crippen molar-refractivity contribution in [2.24, 2.45) is 57.7 Å². The van der Waals surface area contributed by atoms with E-state index in [9.17, 15) is 4.79 Å². The van der Waals surface area contributed by atoms with Crippen LogP contribution in [0.25, 0.3) is 0 Å². The van der Waals surface area contributed by atoms with Crippen LogP contribution in [0.4, 0.5) is 0 Å². The lowest BCUT2D eigenvalue weighted by atomic mass is 9.44. The number of carbonyl (C=O) groups is 1. The van der Waals surface area contributed by atoms with Crippen molar-refractivity contribution in [3.05, 3.63) is 0 Å². The van der Waals surface area contributed by atoms with Crippen LogP contribution in [0.15, 0.2) is 0 Å². The van der Waals surface area contributed by atoms with Crippen LogP contribution in [0.3, 0.4) is 0 Å². The molecule has 24 heavy (non-hydrogen) atoms. The number of fused-ring (bicyclic) bond motifs is 4. The smallest absolute Gasteiger partial charge is 0.123 e. The monoisotopic (exact) mass is 328 g/mol. The molecule has 1 nitrogen and oxygen atoms in total. The summed E-state index contributed by atoms with van der Waals surface area (Å²) >= 11 is 0. The molecule has 5 saturated carbocycles. The van der Waals surface area contributed by atoms with Gasteiger partial charge >= 0.3 is 0 Å². The molecule has 10 atom stereocenters. The minimum Gasteiger partial charge on any atom is -0.303 e. The van der Waals surface area contributed by atoms with Crippen molar-refractivity contribution in [2.75, 3.05) is 0 Å². The molecule has 1 spiro atoms. The van der Waals surface area contributed by atoms with Gasteiger partial charge in [0.05, 0.1) is 0 Å². The molecule has 1 heteroatoms. The van der Waals surface area contributed by atoms with Gasteiger partial charge in [0, 0.05) is 5.92 Å². The normalized spacial score (nSPS) is 62.2. The third-order valence-electron chi connectivity index (χ3n) is 10.9. The first-order valence-electron chi connectivity index (χ1n) is 10.8. The number of hydrogen-bond donors (Lipinski definition) is 0. The van der Waals surface area contributed by atoms with Gasteiger partial charge in [-0.05, 0) is 103 Å². The summed E-state index contributed by atoms with van der Waals surface area (Å²) in [7, 11) is 0. The van der Waals surface area contributed by atoms with E-state index in [4.69, 9.17) is 0 Å². The highest BCUT2D eigenvalue weighted by Crippen LogP contribution is 2.83. The van der Waals surface area contributed by atoms with Gasteiger partial charge in [-0.1, -0.05) is 27.7 Å². The quantitative estimate of drug-likeness (QED) is 0.592. The van der Waals surface area contributed by atoms with Crippen molar-refractivity contribution in [3.8, 4) is 0 Å². The molecule has 0 amide bonds. The lowest BCUT2D eigenvalue weighted by Crippen LogP contribution is -2.54. The van der Waals surface area contributed by atoms with E-state index in [0.717, 1.165) is 35.0 Å². The fourth-order valence-electron chi connectivity index (χ4n) is 9.84. The van der Waals surface area contributed by atoms with E-state index in [-0.39, 0.29) is 5.92 Å². The summed E-state index contributed by atoms with van der Waals surface area (Å²) in [6, 6.07) is 0. The molecule has 5 aliphatic carbocycles. The highest BCUT2D eigenvalue weighted by atomic mass is 16.1. The second-order valence-corrected chi connectivity index (χ2v) is 11.1. The highest BCUT2D eigenvalue weighted by Gasteiger charge is 2.76. The number of hydrogen-bond acceptors (Lipinski definition) is 1. The Bertz CT molecular complexity index is 568. The largest absolute Gasteiger partial charge is 0.303 e. The van der Waals surface area contributed by atoms with E-state index in [2.05, 4.69) is 27.7 Å². The van der Waals surface area contributed by atoms with Crippen LogP contribution >= 0.6 is 0 Å². The van der Waals surface area contributed by atoms with Crippen LogP contribution in [0.2, 0.25) is 0 Å². The molecule has 5 rings (SSSR count). The van der Waals surface area contributed by atoms with Crippen molar-refractivity contribution < 1.29 is 4.79 Å². The Hall–Kier alpha value is -0.330. The summed E-state index contributed by atoms with van der Waals surface area (Å²) in [6.07, 6.45) is 12.9. The molecule has 0 aliphatic heterocycles. The molecule has 6 unspecified atom stereocenters. The molecule has 0 bridgehead atoms. The fourth-order valence-corrected chi connectivity index (χ4v) is 9.84. The van der Waals surface area contributed by atoms with Gasteiger partial charge < -0.3 is 4.79 Å². The molecule has 0 aromatic heterocycles. The first-order chi connectivity index (χ1) is 11.4. The summed E-state index contributed by atoms with van der Waals surface area (Å²) < 4.78 is 0. The van der Waals surface area contributed by atoms with Gasteiger partial charge in [-0.3, -0.25) is 0 Å². The van der Waals surface area contributed by atoms with Gasteiger partial charge in [0.15, 0.2) is 0 Å². The Labute approximate surface area is 148 Å². The third-order valence-corrected chi connectivity index (χ3v) is 10.9. The lowest BCUT2D eigenvalue weighted by Gasteiger charge is -2.61. The van der Waals surface area contributed by atoms with Crippen molar-refractivity contribution in [3.63, 3.8) is 0 Å². The molecule has 0 aromatic rings. The SMILES string of the molecule is C[C@H](C=O)C1CCC2C3C[C@@H](C)C45CC4CC[C@]5(C)C3CC[C@@]21C. The van der Waals surface area contributed by atoms with Gasteiger partial charge in [0.1, 0.15) is 6.29 Å². The van der Waals surface area contributed by atoms with Crippen LogP contribution in [0.1, 0.15) is 79.1 Å². The standard InChI is InChI=1S/C23H36O/c1-14(13-24)18-5-6-19-17-11-15(2)23-12-16(23)7-10-22(23,4)20(17)8-9-21(18,19)3/h13-20H,5-12H2,1-4H3/t14-,15-,16?,17?,18?,19?,20?,21-,22-,23?/m1/s1. The van der Waals surface area contributed by atoms with Gasteiger partial charge in [-0.2, -0.15) is 0 Å². The van der Waals surface area contributed by atoms with Crippen molar-refractivity contribution in [2.45, 2.75) is 79.1 Å². The van der Waals surface area contributed by atoms with E-state index >= 15 is 0 Å². The van der Waals surface area contributed by atoms with Crippen LogP contribution in [-0.4, -0.2) is 6.29 Å². The maximum atomic E-state index is 11.5. The molecule has 0 radical (unpaired) electrons. The van der Waals surface area contributed by atoms with E-state index in [0.29, 0.717) is 16.7 Å². The highest BCUT2D eigenvalue weighted by molar-refractivity contribution is 5.53. The zero-order valence-electron chi connectivity index (χ0n) is 16.2. The van der Waals surface area contributed by atoms with Crippen LogP contribution in [0.5, 0.6) is 0 Å². The van der Waals surface area contributed by atoms with Crippen LogP contribution < -0.4 is 0 Å². The minimum absolute atomic E-state index is 0.263. The van der Waals surface area contributed by atoms with Gasteiger partial charge in [-0.15, -0.1) is 0 Å². The average Bonchev–Trinajstić information content (AvgIpc) is 3.09. The Balaban J connectivity index is 1.50. The first kappa shape index (κ1) is 15.9. The van der Waals surface area contributed by atoms with Crippen molar-refractivity contribution >= 4 is 6.29 Å². The summed E-state index contributed by atoms with van der Waals surface area (Å²) in [5.74, 6) is 5.79. The lowest BCUT2D eigenvalue weighted by molar-refractivity contribution is -0.129. The summed E-state index contributed by atoms with van der Waals surface area (Å²) in [4.78, 5) is 11.5. The fraction of sp³-hybridized carbons (Fsp3) is 0.957. The maximum Gasteiger partial charge on any atom is 0.123 e. The summed E-state index contributed by atoms with van der Waals surface area (Å²) in [6.45, 7) is 10.1. The molecule has 0 saturated heterocycles. The first-order valence-corrected chi connectivity index (χ1v) is 10.8. The van der Waals surface area contributed by atoms with Crippen LogP contribution in [-0.2, 0) is 4.79 Å². The molecular formula is C23H36O. The average molecular weight is 329 g/mol. The molecular weight excluding hydrogens is 292 g/mol. The van der Waals surface area contributed by atoms with Crippen LogP contribution in [0, 0.1) is 57.7 Å². The maximum absolute atomic E-state index is 11.5. The van der Waals surface area contributed by atoms with Gasteiger partial charge in [-0.25, -0.2) is 0 Å². The van der Waals surface area contributed by atoms with Gasteiger partial charge in [0.2, 0.25) is 0 Å². The number of aldehydes is 1. The van der Waals surface area contributed by atoms with Crippen molar-refractivity contribution in [1.82, 2.24) is 0 Å². The molecule has 134 valence electrons. The predicted octanol–water partition coefficient (Wildman–Crippen LogP) is 5.73. The Morgan fingerprint density at radius 3 is 2.54 bits per heavy atom. The Kier molecular flexibility index (Phi) is 3.10. The molecule has 5 fully saturated rings. The zero-order chi connectivity index (χ0) is 16.9. The van der Waals surface area contributed by atoms with E-state index in [1.54, 1.807) is 6.42 Å². The Morgan fingerprint density at radius 2 is 1.83 bits per heavy atom. The molecule has 0 aromatic carbocycles. The second kappa shape index (κ2) is 4.68. The zero-order valence-corrected chi connectivity index (χ0v) is 16.2. The Morgan fingerprint density at radius 1 is 1.04 bits per heavy atom. The molecule has 0 heterocycles. The van der Waals surface area contributed by atoms with E-state index in [1.165, 1.54) is 51.2 Å². The number of carbonyl (C=O) groups excluding carboxylic acids is 1. The third kappa shape index (κ3) is 1.58. The topological polar surface area (TPSA) is 17.1 Å². The minimum atomic E-state index is 0.263.